The first-order valence-electron chi connectivity index (χ1n) is 13.2. The van der Waals surface area contributed by atoms with E-state index in [1.807, 2.05) is 0 Å². The van der Waals surface area contributed by atoms with Gasteiger partial charge in [-0.2, -0.15) is 0 Å². The number of carbonyl (C=O) groups excluding carboxylic acids is 1. The van der Waals surface area contributed by atoms with Crippen LogP contribution in [0, 0.1) is 0 Å². The van der Waals surface area contributed by atoms with Crippen LogP contribution in [0.5, 0.6) is 28.7 Å². The van der Waals surface area contributed by atoms with Gasteiger partial charge in [-0.15, -0.1) is 0 Å². The molecular weight excluding hydrogens is 580 g/mol. The van der Waals surface area contributed by atoms with Crippen molar-refractivity contribution in [1.29, 1.82) is 0 Å². The Hall–Kier alpha value is -5.08. The second-order valence-corrected chi connectivity index (χ2v) is 9.83. The van der Waals surface area contributed by atoms with Gasteiger partial charge in [-0.1, -0.05) is 12.1 Å². The van der Waals surface area contributed by atoms with Crippen molar-refractivity contribution in [1.82, 2.24) is 0 Å². The molecule has 3 aromatic carbocycles. The molecule has 0 radical (unpaired) electrons. The minimum Gasteiger partial charge on any atom is -0.508 e. The molecule has 1 aromatic heterocycles. The van der Waals surface area contributed by atoms with Gasteiger partial charge in [0.2, 0.25) is 6.29 Å². The molecule has 5 rings (SSSR count). The number of methoxy groups -OCH3 is 1. The Kier molecular flexibility index (Phi) is 8.73. The minimum absolute atomic E-state index is 0.0482. The van der Waals surface area contributed by atoms with E-state index in [0.717, 1.165) is 18.2 Å². The van der Waals surface area contributed by atoms with Crippen LogP contribution < -0.4 is 14.9 Å². The fourth-order valence-electron chi connectivity index (χ4n) is 4.64. The number of phenols is 3. The molecule has 0 aliphatic carbocycles. The zero-order valence-corrected chi connectivity index (χ0v) is 23.1. The first-order valence-corrected chi connectivity index (χ1v) is 13.2. The molecule has 0 spiro atoms. The smallest absolute Gasteiger partial charge is 0.331 e. The van der Waals surface area contributed by atoms with Crippen molar-refractivity contribution < 1.29 is 58.8 Å². The lowest BCUT2D eigenvalue weighted by atomic mass is 9.99. The molecule has 0 amide bonds. The number of aliphatic hydroxyl groups is 3. The van der Waals surface area contributed by atoms with Crippen molar-refractivity contribution in [2.45, 2.75) is 30.7 Å². The normalized spacial score (nSPS) is 21.8. The van der Waals surface area contributed by atoms with Gasteiger partial charge in [-0.25, -0.2) is 4.79 Å². The largest absolute Gasteiger partial charge is 0.508 e. The Bertz CT molecular complexity index is 1740. The van der Waals surface area contributed by atoms with Gasteiger partial charge in [0, 0.05) is 29.8 Å². The van der Waals surface area contributed by atoms with E-state index in [1.54, 1.807) is 12.1 Å². The van der Waals surface area contributed by atoms with Crippen LogP contribution in [-0.2, 0) is 14.3 Å². The highest BCUT2D eigenvalue weighted by Gasteiger charge is 2.47. The second kappa shape index (κ2) is 12.7. The highest BCUT2D eigenvalue weighted by atomic mass is 16.7. The molecule has 0 bridgehead atoms. The van der Waals surface area contributed by atoms with Crippen molar-refractivity contribution in [3.05, 3.63) is 82.5 Å². The number of ether oxygens (including phenoxy) is 4. The Labute approximate surface area is 249 Å². The van der Waals surface area contributed by atoms with Gasteiger partial charge in [0.15, 0.2) is 23.0 Å². The van der Waals surface area contributed by atoms with E-state index < -0.39 is 54.5 Å². The molecule has 44 heavy (non-hydrogen) atoms. The van der Waals surface area contributed by atoms with E-state index >= 15 is 0 Å². The third-order valence-electron chi connectivity index (χ3n) is 6.88. The van der Waals surface area contributed by atoms with Crippen LogP contribution in [0.4, 0.5) is 0 Å². The van der Waals surface area contributed by atoms with E-state index in [4.69, 9.17) is 23.4 Å². The Morgan fingerprint density at radius 3 is 2.41 bits per heavy atom. The maximum Gasteiger partial charge on any atom is 0.331 e. The van der Waals surface area contributed by atoms with E-state index in [0.29, 0.717) is 11.1 Å². The number of aromatic hydroxyl groups is 3. The average Bonchev–Trinajstić information content (AvgIpc) is 3.00. The summed E-state index contributed by atoms with van der Waals surface area (Å²) >= 11 is 0. The third kappa shape index (κ3) is 6.31. The van der Waals surface area contributed by atoms with Crippen molar-refractivity contribution in [3.8, 4) is 40.1 Å². The third-order valence-corrected chi connectivity index (χ3v) is 6.88. The van der Waals surface area contributed by atoms with Gasteiger partial charge in [0.1, 0.15) is 52.3 Å². The monoisotopic (exact) mass is 608 g/mol. The van der Waals surface area contributed by atoms with Gasteiger partial charge in [-0.3, -0.25) is 4.79 Å². The van der Waals surface area contributed by atoms with E-state index in [1.165, 1.54) is 49.6 Å². The van der Waals surface area contributed by atoms with Crippen molar-refractivity contribution in [3.63, 3.8) is 0 Å². The number of esters is 1. The lowest BCUT2D eigenvalue weighted by molar-refractivity contribution is -0.280. The Morgan fingerprint density at radius 1 is 0.955 bits per heavy atom. The summed E-state index contributed by atoms with van der Waals surface area (Å²) in [6.45, 7) is -0.722. The van der Waals surface area contributed by atoms with Crippen molar-refractivity contribution in [2.24, 2.45) is 0 Å². The van der Waals surface area contributed by atoms with E-state index in [-0.39, 0.29) is 39.7 Å². The summed E-state index contributed by atoms with van der Waals surface area (Å²) in [5.41, 5.74) is 0.303. The summed E-state index contributed by atoms with van der Waals surface area (Å²) in [5, 5.41) is 61.1. The Balaban J connectivity index is 1.35. The SMILES string of the molecule is COc1cc(-c2cc(=O)c3c(O)cc(O[C@@H]4O[C@H](CO)[C@@H](OC(=O)C=Cc5ccc(O)cc5)[C@H](O)[C@H]4O)cc3o2)ccc1O. The summed E-state index contributed by atoms with van der Waals surface area (Å²) in [7, 11) is 1.36. The molecule has 0 unspecified atom stereocenters. The number of phenolic OH excluding ortho intramolecular Hbond substituents is 3. The average molecular weight is 609 g/mol. The van der Waals surface area contributed by atoms with Crippen LogP contribution in [0.15, 0.2) is 76.0 Å². The molecule has 13 heteroatoms. The van der Waals surface area contributed by atoms with E-state index in [2.05, 4.69) is 0 Å². The summed E-state index contributed by atoms with van der Waals surface area (Å²) in [4.78, 5) is 25.2. The number of rotatable bonds is 8. The predicted octanol–water partition coefficient (Wildman–Crippen LogP) is 2.03. The van der Waals surface area contributed by atoms with E-state index in [9.17, 15) is 40.2 Å². The van der Waals surface area contributed by atoms with Crippen LogP contribution in [0.3, 0.4) is 0 Å². The highest BCUT2D eigenvalue weighted by Crippen LogP contribution is 2.35. The van der Waals surface area contributed by atoms with Gasteiger partial charge in [0.25, 0.3) is 0 Å². The van der Waals surface area contributed by atoms with Crippen LogP contribution in [-0.4, -0.2) is 81.0 Å². The molecule has 1 saturated heterocycles. The molecule has 1 fully saturated rings. The summed E-state index contributed by atoms with van der Waals surface area (Å²) < 4.78 is 27.5. The molecule has 1 aliphatic heterocycles. The molecule has 1 aliphatic rings. The lowest BCUT2D eigenvalue weighted by Crippen LogP contribution is -2.61. The molecule has 6 N–H and O–H groups in total. The summed E-state index contributed by atoms with van der Waals surface area (Å²) in [6, 6.07) is 13.8. The molecular formula is C31H28O13. The fraction of sp³-hybridized carbons (Fsp3) is 0.226. The van der Waals surface area contributed by atoms with Gasteiger partial charge in [0.05, 0.1) is 13.7 Å². The van der Waals surface area contributed by atoms with Crippen LogP contribution >= 0.6 is 0 Å². The molecule has 0 saturated carbocycles. The fourth-order valence-corrected chi connectivity index (χ4v) is 4.64. The van der Waals surface area contributed by atoms with Gasteiger partial charge in [-0.05, 0) is 42.0 Å². The number of carbonyl (C=O) groups is 1. The maximum atomic E-state index is 12.8. The van der Waals surface area contributed by atoms with Crippen molar-refractivity contribution in [2.75, 3.05) is 13.7 Å². The van der Waals surface area contributed by atoms with Crippen LogP contribution in [0.25, 0.3) is 28.4 Å². The zero-order valence-electron chi connectivity index (χ0n) is 23.1. The number of fused-ring (bicyclic) bond motifs is 1. The first kappa shape index (κ1) is 30.4. The summed E-state index contributed by atoms with van der Waals surface area (Å²) in [6.07, 6.45) is -5.44. The zero-order chi connectivity index (χ0) is 31.5. The molecule has 13 nitrogen and oxygen atoms in total. The number of benzene rings is 3. The Morgan fingerprint density at radius 2 is 1.70 bits per heavy atom. The number of hydrogen-bond acceptors (Lipinski definition) is 13. The topological polar surface area (TPSA) is 206 Å². The van der Waals surface area contributed by atoms with Crippen molar-refractivity contribution >= 4 is 23.0 Å². The molecule has 230 valence electrons. The summed E-state index contributed by atoms with van der Waals surface area (Å²) in [5.74, 6) is -1.37. The lowest BCUT2D eigenvalue weighted by Gasteiger charge is -2.41. The minimum atomic E-state index is -1.78. The predicted molar refractivity (Wildman–Crippen MR) is 153 cm³/mol. The molecule has 2 heterocycles. The number of aliphatic hydroxyl groups excluding tert-OH is 3. The van der Waals surface area contributed by atoms with Crippen LogP contribution in [0.1, 0.15) is 5.56 Å². The first-order chi connectivity index (χ1) is 21.1. The quantitative estimate of drug-likeness (QED) is 0.125. The molecule has 5 atom stereocenters. The van der Waals surface area contributed by atoms with Gasteiger partial charge >= 0.3 is 5.97 Å². The second-order valence-electron chi connectivity index (χ2n) is 9.83. The highest BCUT2D eigenvalue weighted by molar-refractivity contribution is 5.87. The van der Waals surface area contributed by atoms with Gasteiger partial charge < -0.3 is 54.0 Å². The number of hydrogen-bond donors (Lipinski definition) is 6. The van der Waals surface area contributed by atoms with Crippen LogP contribution in [0.2, 0.25) is 0 Å². The standard InChI is InChI=1S/C31H28O13/c1-40-23-10-16(5-8-19(23)34)22-13-21(36)27-20(35)11-18(12-24(27)42-22)41-31-29(39)28(38)30(25(14-32)43-31)44-26(37)9-4-15-2-6-17(33)7-3-15/h2-13,25,28-35,38-39H,14H2,1H3/t25-,28-,29-,30-,31-/m1/s1. The molecule has 4 aromatic rings. The maximum absolute atomic E-state index is 12.8.